The molecule has 0 bridgehead atoms. The number of halogens is 1. The first-order valence-electron chi connectivity index (χ1n) is 8.06. The molecule has 1 aliphatic carbocycles. The molecule has 0 spiro atoms. The highest BCUT2D eigenvalue weighted by Crippen LogP contribution is 2.25. The first kappa shape index (κ1) is 14.8. The Morgan fingerprint density at radius 3 is 2.90 bits per heavy atom. The number of likely N-dealkylation sites (tertiary alicyclic amines) is 1. The van der Waals surface area contributed by atoms with Gasteiger partial charge >= 0.3 is 0 Å². The minimum atomic E-state index is -0.209. The highest BCUT2D eigenvalue weighted by molar-refractivity contribution is 5.31. The summed E-state index contributed by atoms with van der Waals surface area (Å²) in [5, 5.41) is 3.62. The maximum atomic E-state index is 14.3. The molecule has 1 atom stereocenters. The molecule has 1 saturated heterocycles. The van der Waals surface area contributed by atoms with Gasteiger partial charge in [-0.05, 0) is 38.3 Å². The molecule has 3 nitrogen and oxygen atoms in total. The van der Waals surface area contributed by atoms with E-state index in [9.17, 15) is 4.39 Å². The van der Waals surface area contributed by atoms with Crippen LogP contribution in [0.3, 0.4) is 0 Å². The van der Waals surface area contributed by atoms with E-state index in [1.54, 1.807) is 6.07 Å². The van der Waals surface area contributed by atoms with Crippen LogP contribution in [0.5, 0.6) is 5.75 Å². The van der Waals surface area contributed by atoms with Crippen LogP contribution in [0.15, 0.2) is 18.2 Å². The zero-order valence-corrected chi connectivity index (χ0v) is 12.8. The van der Waals surface area contributed by atoms with E-state index in [0.29, 0.717) is 18.3 Å². The van der Waals surface area contributed by atoms with Crippen LogP contribution in [0.1, 0.15) is 37.7 Å². The summed E-state index contributed by atoms with van der Waals surface area (Å²) in [5.74, 6) is 0.136. The van der Waals surface area contributed by atoms with Crippen molar-refractivity contribution in [3.63, 3.8) is 0 Å². The van der Waals surface area contributed by atoms with E-state index in [4.69, 9.17) is 4.74 Å². The Balaban J connectivity index is 1.65. The number of rotatable bonds is 6. The van der Waals surface area contributed by atoms with Gasteiger partial charge in [-0.25, -0.2) is 4.39 Å². The average molecular weight is 292 g/mol. The summed E-state index contributed by atoms with van der Waals surface area (Å²) in [6.45, 7) is 2.78. The number of benzene rings is 1. The van der Waals surface area contributed by atoms with Gasteiger partial charge in [0.05, 0.1) is 7.11 Å². The topological polar surface area (TPSA) is 24.5 Å². The molecule has 1 N–H and O–H groups in total. The molecule has 1 saturated carbocycles. The van der Waals surface area contributed by atoms with Crippen molar-refractivity contribution in [1.82, 2.24) is 10.2 Å². The van der Waals surface area contributed by atoms with Crippen molar-refractivity contribution >= 4 is 0 Å². The fourth-order valence-electron chi connectivity index (χ4n) is 3.14. The summed E-state index contributed by atoms with van der Waals surface area (Å²) in [5.41, 5.74) is 0.743. The summed E-state index contributed by atoms with van der Waals surface area (Å²) in [6.07, 6.45) is 6.35. The summed E-state index contributed by atoms with van der Waals surface area (Å²) >= 11 is 0. The number of methoxy groups -OCH3 is 1. The van der Waals surface area contributed by atoms with Gasteiger partial charge < -0.3 is 10.1 Å². The summed E-state index contributed by atoms with van der Waals surface area (Å²) < 4.78 is 19.4. The Morgan fingerprint density at radius 1 is 1.29 bits per heavy atom. The monoisotopic (exact) mass is 292 g/mol. The van der Waals surface area contributed by atoms with E-state index in [2.05, 4.69) is 10.2 Å². The lowest BCUT2D eigenvalue weighted by molar-refractivity contribution is 0.135. The van der Waals surface area contributed by atoms with Gasteiger partial charge in [0.15, 0.2) is 11.6 Å². The fourth-order valence-corrected chi connectivity index (χ4v) is 3.14. The zero-order valence-electron chi connectivity index (χ0n) is 12.8. The Morgan fingerprint density at radius 2 is 2.14 bits per heavy atom. The lowest BCUT2D eigenvalue weighted by Crippen LogP contribution is -2.45. The third-order valence-electron chi connectivity index (χ3n) is 4.61. The van der Waals surface area contributed by atoms with Crippen LogP contribution < -0.4 is 10.1 Å². The predicted molar refractivity (Wildman–Crippen MR) is 82.0 cm³/mol. The van der Waals surface area contributed by atoms with E-state index in [0.717, 1.165) is 24.7 Å². The lowest BCUT2D eigenvalue weighted by atomic mass is 10.0. The van der Waals surface area contributed by atoms with Crippen molar-refractivity contribution < 1.29 is 9.13 Å². The molecular weight excluding hydrogens is 267 g/mol. The second-order valence-electron chi connectivity index (χ2n) is 6.24. The van der Waals surface area contributed by atoms with Crippen LogP contribution in [-0.4, -0.2) is 37.2 Å². The molecule has 1 aromatic rings. The van der Waals surface area contributed by atoms with Crippen molar-refractivity contribution in [2.24, 2.45) is 0 Å². The SMILES string of the molecule is COc1cccc(CN2CCCCC2CNC2CC2)c1F. The molecule has 0 aromatic heterocycles. The molecule has 3 rings (SSSR count). The van der Waals surface area contributed by atoms with Crippen molar-refractivity contribution in [1.29, 1.82) is 0 Å². The Hall–Kier alpha value is -1.13. The maximum absolute atomic E-state index is 14.3. The van der Waals surface area contributed by atoms with Crippen LogP contribution in [0.2, 0.25) is 0 Å². The lowest BCUT2D eigenvalue weighted by Gasteiger charge is -2.36. The van der Waals surface area contributed by atoms with Crippen molar-refractivity contribution in [2.45, 2.75) is 50.7 Å². The van der Waals surface area contributed by atoms with Crippen LogP contribution in [0.4, 0.5) is 4.39 Å². The van der Waals surface area contributed by atoms with E-state index in [1.807, 2.05) is 12.1 Å². The highest BCUT2D eigenvalue weighted by Gasteiger charge is 2.27. The molecule has 1 heterocycles. The van der Waals surface area contributed by atoms with Gasteiger partial charge in [0.1, 0.15) is 0 Å². The van der Waals surface area contributed by atoms with E-state index in [-0.39, 0.29) is 5.82 Å². The summed E-state index contributed by atoms with van der Waals surface area (Å²) in [7, 11) is 1.52. The first-order valence-corrected chi connectivity index (χ1v) is 8.06. The van der Waals surface area contributed by atoms with Gasteiger partial charge in [-0.3, -0.25) is 4.90 Å². The molecule has 21 heavy (non-hydrogen) atoms. The van der Waals surface area contributed by atoms with Gasteiger partial charge in [-0.2, -0.15) is 0 Å². The molecule has 0 radical (unpaired) electrons. The van der Waals surface area contributed by atoms with Crippen LogP contribution in [0.25, 0.3) is 0 Å². The van der Waals surface area contributed by atoms with Gasteiger partial charge in [0.25, 0.3) is 0 Å². The second-order valence-corrected chi connectivity index (χ2v) is 6.24. The average Bonchev–Trinajstić information content (AvgIpc) is 3.33. The number of ether oxygens (including phenoxy) is 1. The molecule has 2 fully saturated rings. The van der Waals surface area contributed by atoms with Crippen LogP contribution >= 0.6 is 0 Å². The minimum absolute atomic E-state index is 0.209. The van der Waals surface area contributed by atoms with E-state index in [1.165, 1.54) is 39.2 Å². The number of nitrogens with one attached hydrogen (secondary N) is 1. The molecule has 0 amide bonds. The third kappa shape index (κ3) is 3.74. The Kier molecular flexibility index (Phi) is 4.76. The van der Waals surface area contributed by atoms with Gasteiger partial charge in [0, 0.05) is 30.7 Å². The fraction of sp³-hybridized carbons (Fsp3) is 0.647. The van der Waals surface area contributed by atoms with E-state index < -0.39 is 0 Å². The summed E-state index contributed by atoms with van der Waals surface area (Å²) in [6, 6.07) is 6.70. The van der Waals surface area contributed by atoms with Crippen LogP contribution in [0, 0.1) is 5.82 Å². The molecule has 4 heteroatoms. The van der Waals surface area contributed by atoms with Crippen LogP contribution in [-0.2, 0) is 6.54 Å². The molecule has 1 aliphatic heterocycles. The van der Waals surface area contributed by atoms with Crippen molar-refractivity contribution in [3.05, 3.63) is 29.6 Å². The quantitative estimate of drug-likeness (QED) is 0.872. The smallest absolute Gasteiger partial charge is 0.169 e. The highest BCUT2D eigenvalue weighted by atomic mass is 19.1. The Bertz CT molecular complexity index is 476. The molecule has 1 aromatic carbocycles. The number of nitrogens with zero attached hydrogens (tertiary/aromatic N) is 1. The standard InChI is InChI=1S/C17H25FN2O/c1-21-16-7-4-5-13(17(16)18)12-20-10-3-2-6-15(20)11-19-14-8-9-14/h4-5,7,14-15,19H,2-3,6,8-12H2,1H3. The second kappa shape index (κ2) is 6.75. The number of piperidine rings is 1. The normalized spacial score (nSPS) is 23.2. The molecular formula is C17H25FN2O. The molecule has 116 valence electrons. The van der Waals surface area contributed by atoms with E-state index >= 15 is 0 Å². The van der Waals surface area contributed by atoms with Gasteiger partial charge in [0.2, 0.25) is 0 Å². The largest absolute Gasteiger partial charge is 0.494 e. The predicted octanol–water partition coefficient (Wildman–Crippen LogP) is 2.94. The Labute approximate surface area is 126 Å². The van der Waals surface area contributed by atoms with Crippen molar-refractivity contribution in [3.8, 4) is 5.75 Å². The first-order chi connectivity index (χ1) is 10.3. The summed E-state index contributed by atoms with van der Waals surface area (Å²) in [4.78, 5) is 2.43. The molecule has 1 unspecified atom stereocenters. The maximum Gasteiger partial charge on any atom is 0.169 e. The number of hydrogen-bond acceptors (Lipinski definition) is 3. The number of hydrogen-bond donors (Lipinski definition) is 1. The zero-order chi connectivity index (χ0) is 14.7. The van der Waals surface area contributed by atoms with Gasteiger partial charge in [-0.15, -0.1) is 0 Å². The van der Waals surface area contributed by atoms with Gasteiger partial charge in [-0.1, -0.05) is 18.6 Å². The molecule has 2 aliphatic rings. The minimum Gasteiger partial charge on any atom is -0.494 e. The van der Waals surface area contributed by atoms with Crippen molar-refractivity contribution in [2.75, 3.05) is 20.2 Å². The third-order valence-corrected chi connectivity index (χ3v) is 4.61.